The Morgan fingerprint density at radius 2 is 2.21 bits per heavy atom. The maximum absolute atomic E-state index is 13.2. The van der Waals surface area contributed by atoms with Gasteiger partial charge in [-0.3, -0.25) is 9.59 Å². The number of nitrogens with zero attached hydrogens (tertiary/aromatic N) is 1. The van der Waals surface area contributed by atoms with E-state index in [1.165, 1.54) is 12.1 Å². The van der Waals surface area contributed by atoms with Crippen LogP contribution in [0.2, 0.25) is 5.02 Å². The fraction of sp³-hybridized carbons (Fsp3) is 0.529. The van der Waals surface area contributed by atoms with Crippen LogP contribution < -0.4 is 5.32 Å². The number of amides is 2. The summed E-state index contributed by atoms with van der Waals surface area (Å²) in [5, 5.41) is 2.91. The van der Waals surface area contributed by atoms with E-state index < -0.39 is 11.2 Å². The van der Waals surface area contributed by atoms with E-state index in [1.807, 2.05) is 6.92 Å². The van der Waals surface area contributed by atoms with Crippen molar-refractivity contribution in [2.24, 2.45) is 5.41 Å². The zero-order valence-electron chi connectivity index (χ0n) is 13.9. The van der Waals surface area contributed by atoms with Crippen LogP contribution in [0.15, 0.2) is 18.2 Å². The van der Waals surface area contributed by atoms with Gasteiger partial charge in [-0.05, 0) is 38.0 Å². The lowest BCUT2D eigenvalue weighted by molar-refractivity contribution is -0.132. The minimum Gasteiger partial charge on any atom is -0.383 e. The molecule has 132 valence electrons. The molecule has 24 heavy (non-hydrogen) atoms. The second-order valence-corrected chi connectivity index (χ2v) is 6.67. The molecule has 1 atom stereocenters. The number of nitrogens with one attached hydrogen (secondary N) is 1. The van der Waals surface area contributed by atoms with Crippen molar-refractivity contribution in [2.75, 3.05) is 33.4 Å². The van der Waals surface area contributed by atoms with E-state index in [0.29, 0.717) is 32.7 Å². The van der Waals surface area contributed by atoms with Crippen LogP contribution in [0, 0.1) is 11.2 Å². The molecular formula is C17H22ClFN2O3. The number of carbonyl (C=O) groups is 2. The molecule has 0 aliphatic carbocycles. The van der Waals surface area contributed by atoms with E-state index in [2.05, 4.69) is 5.32 Å². The molecule has 1 saturated heterocycles. The maximum atomic E-state index is 13.2. The van der Waals surface area contributed by atoms with Crippen molar-refractivity contribution in [1.29, 1.82) is 0 Å². The Morgan fingerprint density at radius 3 is 2.88 bits per heavy atom. The Bertz CT molecular complexity index is 626. The third-order valence-electron chi connectivity index (χ3n) is 4.29. The Hall–Kier alpha value is -1.66. The van der Waals surface area contributed by atoms with Crippen molar-refractivity contribution < 1.29 is 18.7 Å². The second kappa shape index (κ2) is 7.94. The van der Waals surface area contributed by atoms with Crippen LogP contribution in [0.25, 0.3) is 0 Å². The maximum Gasteiger partial charge on any atom is 0.255 e. The summed E-state index contributed by atoms with van der Waals surface area (Å²) in [6, 6.07) is 3.71. The monoisotopic (exact) mass is 356 g/mol. The fourth-order valence-electron chi connectivity index (χ4n) is 2.91. The number of carbonyl (C=O) groups excluding carboxylic acids is 2. The van der Waals surface area contributed by atoms with E-state index in [-0.39, 0.29) is 22.4 Å². The highest BCUT2D eigenvalue weighted by Crippen LogP contribution is 2.31. The van der Waals surface area contributed by atoms with E-state index in [1.54, 1.807) is 12.0 Å². The first-order valence-electron chi connectivity index (χ1n) is 7.89. The van der Waals surface area contributed by atoms with Gasteiger partial charge in [0.1, 0.15) is 5.82 Å². The number of rotatable bonds is 5. The van der Waals surface area contributed by atoms with Gasteiger partial charge in [0.2, 0.25) is 5.91 Å². The molecule has 0 spiro atoms. The van der Waals surface area contributed by atoms with Crippen LogP contribution in [-0.2, 0) is 9.53 Å². The van der Waals surface area contributed by atoms with E-state index >= 15 is 0 Å². The fourth-order valence-corrected chi connectivity index (χ4v) is 3.16. The molecule has 1 heterocycles. The molecule has 5 nitrogen and oxygen atoms in total. The lowest BCUT2D eigenvalue weighted by Gasteiger charge is -2.39. The molecule has 0 saturated carbocycles. The third kappa shape index (κ3) is 4.24. The average Bonchev–Trinajstić information content (AvgIpc) is 2.54. The predicted molar refractivity (Wildman–Crippen MR) is 89.5 cm³/mol. The standard InChI is InChI=1S/C17H22ClFN2O3/c1-17(16(23)20-7-9-24-2)6-3-8-21(11-17)15(22)13-5-4-12(19)10-14(13)18/h4-5,10H,3,6-9,11H2,1-2H3,(H,20,23). The van der Waals surface area contributed by atoms with E-state index in [0.717, 1.165) is 12.5 Å². The van der Waals surface area contributed by atoms with E-state index in [9.17, 15) is 14.0 Å². The molecule has 2 amide bonds. The minimum atomic E-state index is -0.659. The summed E-state index contributed by atoms with van der Waals surface area (Å²) >= 11 is 5.98. The summed E-state index contributed by atoms with van der Waals surface area (Å²) in [4.78, 5) is 26.7. The highest BCUT2D eigenvalue weighted by atomic mass is 35.5. The smallest absolute Gasteiger partial charge is 0.255 e. The lowest BCUT2D eigenvalue weighted by atomic mass is 9.80. The first-order chi connectivity index (χ1) is 11.4. The van der Waals surface area contributed by atoms with Crippen LogP contribution in [0.4, 0.5) is 4.39 Å². The first kappa shape index (κ1) is 18.7. The van der Waals surface area contributed by atoms with Crippen molar-refractivity contribution >= 4 is 23.4 Å². The molecule has 1 fully saturated rings. The summed E-state index contributed by atoms with van der Waals surface area (Å²) in [6.07, 6.45) is 1.42. The van der Waals surface area contributed by atoms with Gasteiger partial charge in [0, 0.05) is 26.7 Å². The quantitative estimate of drug-likeness (QED) is 0.825. The Balaban J connectivity index is 2.09. The highest BCUT2D eigenvalue weighted by molar-refractivity contribution is 6.33. The lowest BCUT2D eigenvalue weighted by Crippen LogP contribution is -2.52. The van der Waals surface area contributed by atoms with Crippen LogP contribution in [-0.4, -0.2) is 50.1 Å². The predicted octanol–water partition coefficient (Wildman–Crippen LogP) is 2.48. The third-order valence-corrected chi connectivity index (χ3v) is 4.60. The van der Waals surface area contributed by atoms with Gasteiger partial charge < -0.3 is 15.0 Å². The number of halogens is 2. The zero-order valence-corrected chi connectivity index (χ0v) is 14.7. The highest BCUT2D eigenvalue weighted by Gasteiger charge is 2.39. The van der Waals surface area contributed by atoms with Gasteiger partial charge in [0.25, 0.3) is 5.91 Å². The van der Waals surface area contributed by atoms with Crippen molar-refractivity contribution in [3.8, 4) is 0 Å². The van der Waals surface area contributed by atoms with Crippen molar-refractivity contribution in [3.63, 3.8) is 0 Å². The van der Waals surface area contributed by atoms with Crippen LogP contribution in [0.3, 0.4) is 0 Å². The largest absolute Gasteiger partial charge is 0.383 e. The molecule has 1 aromatic carbocycles. The van der Waals surface area contributed by atoms with Crippen molar-refractivity contribution in [2.45, 2.75) is 19.8 Å². The van der Waals surface area contributed by atoms with Crippen molar-refractivity contribution in [3.05, 3.63) is 34.6 Å². The molecule has 1 aliphatic rings. The normalized spacial score (nSPS) is 20.8. The molecule has 0 radical (unpaired) electrons. The Kier molecular flexibility index (Phi) is 6.18. The SMILES string of the molecule is COCCNC(=O)C1(C)CCCN(C(=O)c2ccc(F)cc2Cl)C1. The van der Waals surface area contributed by atoms with Gasteiger partial charge in [0.05, 0.1) is 22.6 Å². The zero-order chi connectivity index (χ0) is 17.7. The number of methoxy groups -OCH3 is 1. The topological polar surface area (TPSA) is 58.6 Å². The number of hydrogen-bond acceptors (Lipinski definition) is 3. The number of benzene rings is 1. The van der Waals surface area contributed by atoms with Gasteiger partial charge in [0.15, 0.2) is 0 Å². The van der Waals surface area contributed by atoms with Crippen molar-refractivity contribution in [1.82, 2.24) is 10.2 Å². The van der Waals surface area contributed by atoms with Gasteiger partial charge in [-0.2, -0.15) is 0 Å². The van der Waals surface area contributed by atoms with E-state index in [4.69, 9.17) is 16.3 Å². The summed E-state index contributed by atoms with van der Waals surface area (Å²) in [7, 11) is 1.57. The minimum absolute atomic E-state index is 0.0804. The van der Waals surface area contributed by atoms with Crippen LogP contribution in [0.1, 0.15) is 30.1 Å². The summed E-state index contributed by atoms with van der Waals surface area (Å²) in [5.74, 6) is -0.865. The molecule has 0 bridgehead atoms. The summed E-state index contributed by atoms with van der Waals surface area (Å²) in [6.45, 7) is 3.57. The molecular weight excluding hydrogens is 335 g/mol. The van der Waals surface area contributed by atoms with Crippen LogP contribution in [0.5, 0.6) is 0 Å². The number of piperidine rings is 1. The Morgan fingerprint density at radius 1 is 1.46 bits per heavy atom. The Labute approximate surface area is 146 Å². The van der Waals surface area contributed by atoms with Gasteiger partial charge in [-0.1, -0.05) is 11.6 Å². The molecule has 7 heteroatoms. The van der Waals surface area contributed by atoms with Gasteiger partial charge >= 0.3 is 0 Å². The summed E-state index contributed by atoms with van der Waals surface area (Å²) in [5.41, 5.74) is -0.407. The van der Waals surface area contributed by atoms with Gasteiger partial charge in [-0.15, -0.1) is 0 Å². The molecule has 0 aromatic heterocycles. The second-order valence-electron chi connectivity index (χ2n) is 6.26. The number of ether oxygens (including phenoxy) is 1. The van der Waals surface area contributed by atoms with Crippen LogP contribution >= 0.6 is 11.6 Å². The molecule has 1 unspecified atom stereocenters. The number of likely N-dealkylation sites (tertiary alicyclic amines) is 1. The van der Waals surface area contributed by atoms with Gasteiger partial charge in [-0.25, -0.2) is 4.39 Å². The molecule has 1 N–H and O–H groups in total. The average molecular weight is 357 g/mol. The molecule has 1 aromatic rings. The number of hydrogen-bond donors (Lipinski definition) is 1. The molecule has 1 aliphatic heterocycles. The molecule has 2 rings (SSSR count). The summed E-state index contributed by atoms with van der Waals surface area (Å²) < 4.78 is 18.1. The first-order valence-corrected chi connectivity index (χ1v) is 8.27.